The SMILES string of the molecule is CCCOCCCNCC(O)COC. The van der Waals surface area contributed by atoms with Crippen molar-refractivity contribution in [2.45, 2.75) is 25.9 Å². The highest BCUT2D eigenvalue weighted by Gasteiger charge is 2.00. The first kappa shape index (κ1) is 13.8. The molecule has 4 heteroatoms. The van der Waals surface area contributed by atoms with Crippen molar-refractivity contribution in [1.29, 1.82) is 0 Å². The molecule has 0 aliphatic rings. The van der Waals surface area contributed by atoms with Crippen molar-refractivity contribution in [3.63, 3.8) is 0 Å². The first-order valence-electron chi connectivity index (χ1n) is 5.26. The van der Waals surface area contributed by atoms with Crippen molar-refractivity contribution in [2.75, 3.05) is 40.0 Å². The predicted octanol–water partition coefficient (Wildman–Crippen LogP) is 0.400. The first-order valence-corrected chi connectivity index (χ1v) is 5.26. The van der Waals surface area contributed by atoms with E-state index in [1.807, 2.05) is 0 Å². The summed E-state index contributed by atoms with van der Waals surface area (Å²) in [6, 6.07) is 0. The molecule has 0 aromatic rings. The normalized spacial score (nSPS) is 13.1. The van der Waals surface area contributed by atoms with Gasteiger partial charge in [-0.15, -0.1) is 0 Å². The molecule has 0 saturated heterocycles. The zero-order chi connectivity index (χ0) is 10.6. The number of aliphatic hydroxyl groups is 1. The van der Waals surface area contributed by atoms with Crippen LogP contribution in [0.3, 0.4) is 0 Å². The minimum absolute atomic E-state index is 0.388. The fourth-order valence-corrected chi connectivity index (χ4v) is 1.07. The summed E-state index contributed by atoms with van der Waals surface area (Å²) in [6.07, 6.45) is 1.65. The molecule has 0 aromatic heterocycles. The predicted molar refractivity (Wildman–Crippen MR) is 56.5 cm³/mol. The number of ether oxygens (including phenoxy) is 2. The molecule has 1 atom stereocenters. The maximum Gasteiger partial charge on any atom is 0.0897 e. The fourth-order valence-electron chi connectivity index (χ4n) is 1.07. The minimum Gasteiger partial charge on any atom is -0.389 e. The van der Waals surface area contributed by atoms with Gasteiger partial charge in [-0.05, 0) is 19.4 Å². The number of rotatable bonds is 10. The maximum atomic E-state index is 9.27. The maximum absolute atomic E-state index is 9.27. The van der Waals surface area contributed by atoms with Crippen LogP contribution in [0.5, 0.6) is 0 Å². The van der Waals surface area contributed by atoms with Gasteiger partial charge in [0.2, 0.25) is 0 Å². The number of methoxy groups -OCH3 is 1. The largest absolute Gasteiger partial charge is 0.389 e. The van der Waals surface area contributed by atoms with E-state index in [0.29, 0.717) is 13.2 Å². The number of hydrogen-bond acceptors (Lipinski definition) is 4. The molecule has 2 N–H and O–H groups in total. The molecular formula is C10H23NO3. The van der Waals surface area contributed by atoms with Crippen molar-refractivity contribution in [1.82, 2.24) is 5.32 Å². The molecule has 0 saturated carbocycles. The number of nitrogens with one attached hydrogen (secondary N) is 1. The van der Waals surface area contributed by atoms with Crippen LogP contribution in [0.1, 0.15) is 19.8 Å². The summed E-state index contributed by atoms with van der Waals surface area (Å²) in [7, 11) is 1.59. The monoisotopic (exact) mass is 205 g/mol. The number of hydrogen-bond donors (Lipinski definition) is 2. The zero-order valence-corrected chi connectivity index (χ0v) is 9.29. The molecule has 0 aliphatic carbocycles. The van der Waals surface area contributed by atoms with Crippen LogP contribution in [0.2, 0.25) is 0 Å². The highest BCUT2D eigenvalue weighted by Crippen LogP contribution is 1.85. The smallest absolute Gasteiger partial charge is 0.0897 e. The van der Waals surface area contributed by atoms with Gasteiger partial charge in [-0.3, -0.25) is 0 Å². The second kappa shape index (κ2) is 10.9. The summed E-state index contributed by atoms with van der Waals surface area (Å²) in [5.74, 6) is 0. The van der Waals surface area contributed by atoms with E-state index >= 15 is 0 Å². The topological polar surface area (TPSA) is 50.7 Å². The van der Waals surface area contributed by atoms with Crippen molar-refractivity contribution >= 4 is 0 Å². The lowest BCUT2D eigenvalue weighted by molar-refractivity contribution is 0.0639. The summed E-state index contributed by atoms with van der Waals surface area (Å²) in [5.41, 5.74) is 0. The lowest BCUT2D eigenvalue weighted by Gasteiger charge is -2.10. The highest BCUT2D eigenvalue weighted by molar-refractivity contribution is 4.57. The molecule has 0 fully saturated rings. The van der Waals surface area contributed by atoms with E-state index in [1.165, 1.54) is 0 Å². The Hall–Kier alpha value is -0.160. The quantitative estimate of drug-likeness (QED) is 0.507. The molecule has 0 bridgehead atoms. The molecule has 0 aromatic carbocycles. The Kier molecular flexibility index (Phi) is 10.8. The lowest BCUT2D eigenvalue weighted by Crippen LogP contribution is -2.31. The lowest BCUT2D eigenvalue weighted by atomic mass is 10.3. The molecule has 14 heavy (non-hydrogen) atoms. The van der Waals surface area contributed by atoms with Crippen molar-refractivity contribution in [3.05, 3.63) is 0 Å². The van der Waals surface area contributed by atoms with Crippen LogP contribution in [0, 0.1) is 0 Å². The van der Waals surface area contributed by atoms with Crippen LogP contribution in [0.4, 0.5) is 0 Å². The van der Waals surface area contributed by atoms with E-state index in [1.54, 1.807) is 7.11 Å². The average molecular weight is 205 g/mol. The second-order valence-electron chi connectivity index (χ2n) is 3.28. The molecule has 0 spiro atoms. The van der Waals surface area contributed by atoms with Crippen LogP contribution in [0.15, 0.2) is 0 Å². The summed E-state index contributed by atoms with van der Waals surface area (Å²) >= 11 is 0. The standard InChI is InChI=1S/C10H23NO3/c1-3-6-14-7-4-5-11-8-10(12)9-13-2/h10-12H,3-9H2,1-2H3. The molecule has 0 rings (SSSR count). The summed E-state index contributed by atoms with van der Waals surface area (Å²) in [5, 5.41) is 12.4. The summed E-state index contributed by atoms with van der Waals surface area (Å²) in [6.45, 7) is 5.58. The molecule has 4 nitrogen and oxygen atoms in total. The van der Waals surface area contributed by atoms with E-state index < -0.39 is 6.10 Å². The van der Waals surface area contributed by atoms with Crippen LogP contribution >= 0.6 is 0 Å². The van der Waals surface area contributed by atoms with Crippen molar-refractivity contribution in [3.8, 4) is 0 Å². The Morgan fingerprint density at radius 2 is 2.14 bits per heavy atom. The van der Waals surface area contributed by atoms with Gasteiger partial charge in [0.05, 0.1) is 12.7 Å². The zero-order valence-electron chi connectivity index (χ0n) is 9.29. The Labute approximate surface area is 86.6 Å². The average Bonchev–Trinajstić information content (AvgIpc) is 2.17. The fraction of sp³-hybridized carbons (Fsp3) is 1.00. The van der Waals surface area contributed by atoms with Crippen LogP contribution in [0.25, 0.3) is 0 Å². The van der Waals surface area contributed by atoms with Crippen LogP contribution in [-0.4, -0.2) is 51.2 Å². The number of aliphatic hydroxyl groups excluding tert-OH is 1. The molecule has 0 radical (unpaired) electrons. The van der Waals surface area contributed by atoms with E-state index in [9.17, 15) is 5.11 Å². The van der Waals surface area contributed by atoms with Gasteiger partial charge in [0.1, 0.15) is 0 Å². The van der Waals surface area contributed by atoms with E-state index in [2.05, 4.69) is 12.2 Å². The van der Waals surface area contributed by atoms with Crippen LogP contribution < -0.4 is 5.32 Å². The van der Waals surface area contributed by atoms with Gasteiger partial charge >= 0.3 is 0 Å². The molecule has 0 heterocycles. The van der Waals surface area contributed by atoms with E-state index in [4.69, 9.17) is 9.47 Å². The third-order valence-electron chi connectivity index (χ3n) is 1.73. The van der Waals surface area contributed by atoms with Crippen molar-refractivity contribution in [2.24, 2.45) is 0 Å². The third-order valence-corrected chi connectivity index (χ3v) is 1.73. The molecule has 0 aliphatic heterocycles. The van der Waals surface area contributed by atoms with Gasteiger partial charge in [0.25, 0.3) is 0 Å². The van der Waals surface area contributed by atoms with E-state index in [0.717, 1.165) is 32.6 Å². The summed E-state index contributed by atoms with van der Waals surface area (Å²) < 4.78 is 10.1. The molecule has 0 amide bonds. The Bertz CT molecular complexity index is 112. The van der Waals surface area contributed by atoms with Crippen LogP contribution in [-0.2, 0) is 9.47 Å². The second-order valence-corrected chi connectivity index (χ2v) is 3.28. The highest BCUT2D eigenvalue weighted by atomic mass is 16.5. The van der Waals surface area contributed by atoms with Gasteiger partial charge in [-0.2, -0.15) is 0 Å². The Morgan fingerprint density at radius 1 is 1.36 bits per heavy atom. The van der Waals surface area contributed by atoms with Gasteiger partial charge < -0.3 is 19.9 Å². The van der Waals surface area contributed by atoms with Gasteiger partial charge in [-0.1, -0.05) is 6.92 Å². The van der Waals surface area contributed by atoms with Gasteiger partial charge in [0.15, 0.2) is 0 Å². The Balaban J connectivity index is 2.98. The third kappa shape index (κ3) is 9.92. The van der Waals surface area contributed by atoms with Gasteiger partial charge in [-0.25, -0.2) is 0 Å². The van der Waals surface area contributed by atoms with Gasteiger partial charge in [0, 0.05) is 26.9 Å². The minimum atomic E-state index is -0.406. The van der Waals surface area contributed by atoms with E-state index in [-0.39, 0.29) is 0 Å². The molecule has 1 unspecified atom stereocenters. The molecular weight excluding hydrogens is 182 g/mol. The summed E-state index contributed by atoms with van der Waals surface area (Å²) in [4.78, 5) is 0. The van der Waals surface area contributed by atoms with Crippen molar-refractivity contribution < 1.29 is 14.6 Å². The Morgan fingerprint density at radius 3 is 2.79 bits per heavy atom. The first-order chi connectivity index (χ1) is 6.81. The molecule has 86 valence electrons.